The van der Waals surface area contributed by atoms with Crippen LogP contribution in [0.4, 0.5) is 0 Å². The summed E-state index contributed by atoms with van der Waals surface area (Å²) < 4.78 is 1.86. The lowest BCUT2D eigenvalue weighted by Gasteiger charge is -2.33. The van der Waals surface area contributed by atoms with Crippen LogP contribution in [0.1, 0.15) is 44.2 Å². The standard InChI is InChI=1S/C13H21N3O2/c1-2-16-10-11(9-14-16)12(8-13(17)18)15-6-4-3-5-7-15/h9-10,12H,2-8H2,1H3,(H,17,18). The number of nitrogens with zero attached hydrogens (tertiary/aromatic N) is 3. The zero-order valence-electron chi connectivity index (χ0n) is 10.9. The van der Waals surface area contributed by atoms with Crippen molar-refractivity contribution in [1.29, 1.82) is 0 Å². The van der Waals surface area contributed by atoms with Gasteiger partial charge in [0, 0.05) is 24.3 Å². The first-order chi connectivity index (χ1) is 8.70. The summed E-state index contributed by atoms with van der Waals surface area (Å²) in [5.41, 5.74) is 1.03. The second kappa shape index (κ2) is 6.00. The Morgan fingerprint density at radius 2 is 2.17 bits per heavy atom. The number of hydrogen-bond acceptors (Lipinski definition) is 3. The lowest BCUT2D eigenvalue weighted by atomic mass is 10.0. The van der Waals surface area contributed by atoms with Crippen LogP contribution in [0, 0.1) is 0 Å². The van der Waals surface area contributed by atoms with Crippen LogP contribution in [-0.4, -0.2) is 38.8 Å². The molecule has 1 atom stereocenters. The SMILES string of the molecule is CCn1cc(C(CC(=O)O)N2CCCCC2)cn1. The van der Waals surface area contributed by atoms with Crippen LogP contribution in [-0.2, 0) is 11.3 Å². The predicted octanol–water partition coefficient (Wildman–Crippen LogP) is 1.90. The fourth-order valence-corrected chi connectivity index (χ4v) is 2.58. The first kappa shape index (κ1) is 13.1. The zero-order valence-corrected chi connectivity index (χ0v) is 10.9. The maximum absolute atomic E-state index is 11.0. The smallest absolute Gasteiger partial charge is 0.305 e. The molecule has 5 nitrogen and oxygen atoms in total. The maximum atomic E-state index is 11.0. The highest BCUT2D eigenvalue weighted by molar-refractivity contribution is 5.67. The Morgan fingerprint density at radius 1 is 1.44 bits per heavy atom. The Hall–Kier alpha value is -1.36. The molecule has 0 spiro atoms. The molecule has 1 saturated heterocycles. The third kappa shape index (κ3) is 3.10. The number of rotatable bonds is 5. The second-order valence-electron chi connectivity index (χ2n) is 4.84. The van der Waals surface area contributed by atoms with Gasteiger partial charge in [0.25, 0.3) is 0 Å². The Balaban J connectivity index is 2.15. The highest BCUT2D eigenvalue weighted by Gasteiger charge is 2.25. The average Bonchev–Trinajstić information content (AvgIpc) is 2.85. The molecule has 5 heteroatoms. The molecule has 1 unspecified atom stereocenters. The molecule has 0 bridgehead atoms. The Bertz CT molecular complexity index is 397. The van der Waals surface area contributed by atoms with Crippen LogP contribution in [0.3, 0.4) is 0 Å². The summed E-state index contributed by atoms with van der Waals surface area (Å²) in [5.74, 6) is -0.741. The number of carboxylic acid groups (broad SMARTS) is 1. The number of likely N-dealkylation sites (tertiary alicyclic amines) is 1. The van der Waals surface area contributed by atoms with E-state index in [-0.39, 0.29) is 12.5 Å². The third-order valence-corrected chi connectivity index (χ3v) is 3.56. The molecule has 0 aromatic carbocycles. The molecule has 1 fully saturated rings. The number of hydrogen-bond donors (Lipinski definition) is 1. The molecule has 0 radical (unpaired) electrons. The molecule has 18 heavy (non-hydrogen) atoms. The van der Waals surface area contributed by atoms with Gasteiger partial charge < -0.3 is 5.11 Å². The molecule has 100 valence electrons. The van der Waals surface area contributed by atoms with E-state index in [9.17, 15) is 4.79 Å². The number of aliphatic carboxylic acids is 1. The van der Waals surface area contributed by atoms with Crippen LogP contribution in [0.5, 0.6) is 0 Å². The molecular weight excluding hydrogens is 230 g/mol. The fourth-order valence-electron chi connectivity index (χ4n) is 2.58. The van der Waals surface area contributed by atoms with E-state index in [0.717, 1.165) is 38.0 Å². The van der Waals surface area contributed by atoms with E-state index < -0.39 is 5.97 Å². The molecule has 1 aromatic rings. The van der Waals surface area contributed by atoms with Gasteiger partial charge in [0.15, 0.2) is 0 Å². The molecule has 1 aliphatic heterocycles. The maximum Gasteiger partial charge on any atom is 0.305 e. The van der Waals surface area contributed by atoms with Crippen LogP contribution in [0.2, 0.25) is 0 Å². The monoisotopic (exact) mass is 251 g/mol. The summed E-state index contributed by atoms with van der Waals surface area (Å²) in [7, 11) is 0. The van der Waals surface area contributed by atoms with E-state index in [1.807, 2.05) is 24.0 Å². The molecule has 0 amide bonds. The zero-order chi connectivity index (χ0) is 13.0. The van der Waals surface area contributed by atoms with Crippen LogP contribution in [0.15, 0.2) is 12.4 Å². The Labute approximate surface area is 107 Å². The molecule has 0 aliphatic carbocycles. The third-order valence-electron chi connectivity index (χ3n) is 3.56. The summed E-state index contributed by atoms with van der Waals surface area (Å²) in [4.78, 5) is 13.3. The predicted molar refractivity (Wildman–Crippen MR) is 68.3 cm³/mol. The van der Waals surface area contributed by atoms with Crippen molar-refractivity contribution in [3.05, 3.63) is 18.0 Å². The van der Waals surface area contributed by atoms with Gasteiger partial charge in [-0.3, -0.25) is 14.4 Å². The van der Waals surface area contributed by atoms with E-state index in [1.54, 1.807) is 0 Å². The molecule has 1 aromatic heterocycles. The van der Waals surface area contributed by atoms with Gasteiger partial charge in [-0.1, -0.05) is 6.42 Å². The summed E-state index contributed by atoms with van der Waals surface area (Å²) >= 11 is 0. The van der Waals surface area contributed by atoms with Crippen molar-refractivity contribution >= 4 is 5.97 Å². The van der Waals surface area contributed by atoms with E-state index >= 15 is 0 Å². The summed E-state index contributed by atoms with van der Waals surface area (Å²) in [5, 5.41) is 13.3. The molecule has 1 N–H and O–H groups in total. The number of aryl methyl sites for hydroxylation is 1. The van der Waals surface area contributed by atoms with E-state index in [2.05, 4.69) is 10.00 Å². The number of carbonyl (C=O) groups is 1. The first-order valence-electron chi connectivity index (χ1n) is 6.69. The molecule has 2 heterocycles. The van der Waals surface area contributed by atoms with Crippen LogP contribution >= 0.6 is 0 Å². The quantitative estimate of drug-likeness (QED) is 0.868. The fraction of sp³-hybridized carbons (Fsp3) is 0.692. The van der Waals surface area contributed by atoms with Gasteiger partial charge in [-0.2, -0.15) is 5.10 Å². The van der Waals surface area contributed by atoms with Gasteiger partial charge in [-0.05, 0) is 32.9 Å². The van der Waals surface area contributed by atoms with Crippen molar-refractivity contribution in [1.82, 2.24) is 14.7 Å². The molecular formula is C13H21N3O2. The highest BCUT2D eigenvalue weighted by atomic mass is 16.4. The van der Waals surface area contributed by atoms with E-state index in [0.29, 0.717) is 0 Å². The van der Waals surface area contributed by atoms with Crippen LogP contribution in [0.25, 0.3) is 0 Å². The number of aromatic nitrogens is 2. The number of piperidine rings is 1. The van der Waals surface area contributed by atoms with Gasteiger partial charge in [-0.15, -0.1) is 0 Å². The topological polar surface area (TPSA) is 58.4 Å². The van der Waals surface area contributed by atoms with Crippen LogP contribution < -0.4 is 0 Å². The lowest BCUT2D eigenvalue weighted by Crippen LogP contribution is -2.34. The molecule has 1 aliphatic rings. The average molecular weight is 251 g/mol. The van der Waals surface area contributed by atoms with Crippen molar-refractivity contribution in [2.45, 2.75) is 45.2 Å². The first-order valence-corrected chi connectivity index (χ1v) is 6.69. The molecule has 2 rings (SSSR count). The Kier molecular flexibility index (Phi) is 4.36. The van der Waals surface area contributed by atoms with Gasteiger partial charge in [-0.25, -0.2) is 0 Å². The van der Waals surface area contributed by atoms with Crippen molar-refractivity contribution in [3.63, 3.8) is 0 Å². The van der Waals surface area contributed by atoms with Crippen molar-refractivity contribution in [2.24, 2.45) is 0 Å². The van der Waals surface area contributed by atoms with Crippen molar-refractivity contribution in [2.75, 3.05) is 13.1 Å². The van der Waals surface area contributed by atoms with Crippen molar-refractivity contribution in [3.8, 4) is 0 Å². The van der Waals surface area contributed by atoms with Gasteiger partial charge >= 0.3 is 5.97 Å². The largest absolute Gasteiger partial charge is 0.481 e. The van der Waals surface area contributed by atoms with Gasteiger partial charge in [0.2, 0.25) is 0 Å². The number of carboxylic acids is 1. The van der Waals surface area contributed by atoms with Gasteiger partial charge in [0.05, 0.1) is 12.6 Å². The Morgan fingerprint density at radius 3 is 2.72 bits per heavy atom. The summed E-state index contributed by atoms with van der Waals surface area (Å²) in [6.07, 6.45) is 7.53. The minimum atomic E-state index is -0.741. The second-order valence-corrected chi connectivity index (χ2v) is 4.84. The highest BCUT2D eigenvalue weighted by Crippen LogP contribution is 2.27. The minimum absolute atomic E-state index is 0.0249. The van der Waals surface area contributed by atoms with E-state index in [4.69, 9.17) is 5.11 Å². The van der Waals surface area contributed by atoms with Crippen molar-refractivity contribution < 1.29 is 9.90 Å². The lowest BCUT2D eigenvalue weighted by molar-refractivity contribution is -0.138. The molecule has 0 saturated carbocycles. The minimum Gasteiger partial charge on any atom is -0.481 e. The summed E-state index contributed by atoms with van der Waals surface area (Å²) in [6.45, 7) is 4.84. The normalized spacial score (nSPS) is 18.7. The van der Waals surface area contributed by atoms with Gasteiger partial charge in [0.1, 0.15) is 0 Å². The van der Waals surface area contributed by atoms with E-state index in [1.165, 1.54) is 6.42 Å². The summed E-state index contributed by atoms with van der Waals surface area (Å²) in [6, 6.07) is -0.0249.